The first-order chi connectivity index (χ1) is 17.7. The van der Waals surface area contributed by atoms with Gasteiger partial charge >= 0.3 is 5.97 Å². The van der Waals surface area contributed by atoms with Gasteiger partial charge < -0.3 is 9.64 Å². The molecule has 6 rings (SSSR count). The molecule has 2 bridgehead atoms. The van der Waals surface area contributed by atoms with Gasteiger partial charge in [0, 0.05) is 30.7 Å². The van der Waals surface area contributed by atoms with Gasteiger partial charge in [0.05, 0.1) is 34.1 Å². The number of benzene rings is 2. The summed E-state index contributed by atoms with van der Waals surface area (Å²) in [5.74, 6) is -2.50. The maximum Gasteiger partial charge on any atom is 0.316 e. The van der Waals surface area contributed by atoms with E-state index in [1.807, 2.05) is 12.2 Å². The zero-order valence-electron chi connectivity index (χ0n) is 19.9. The molecule has 3 fully saturated rings. The van der Waals surface area contributed by atoms with Gasteiger partial charge in [-0.2, -0.15) is 0 Å². The number of carbonyl (C=O) groups is 4. The number of carbonyl (C=O) groups excluding carboxylic acids is 4. The minimum atomic E-state index is -0.771. The fourth-order valence-corrected chi connectivity index (χ4v) is 6.12. The second-order valence-corrected chi connectivity index (χ2v) is 10.1. The lowest BCUT2D eigenvalue weighted by atomic mass is 9.85. The van der Waals surface area contributed by atoms with Crippen molar-refractivity contribution in [3.8, 4) is 5.75 Å². The standard InChI is InChI=1S/C27H23N3O7/c1-14-5-8-18(12-21(14)30(35)36)28-13-17(10-22(28)31)27(34)37-20-4-2-3-19(11-20)29-25(32)23-15-6-7-16(9-15)24(23)26(29)33/h2-8,11-12,15-17,23-24H,9-10,13H2,1H3/t15-,16-,17+,23-,24-/m0/s1. The fraction of sp³-hybridized carbons (Fsp3) is 0.333. The molecule has 37 heavy (non-hydrogen) atoms. The average Bonchev–Trinajstić information content (AvgIpc) is 3.63. The molecule has 0 radical (unpaired) electrons. The zero-order chi connectivity index (χ0) is 26.0. The van der Waals surface area contributed by atoms with Crippen LogP contribution >= 0.6 is 0 Å². The Morgan fingerprint density at radius 3 is 2.38 bits per heavy atom. The molecule has 2 aliphatic carbocycles. The molecule has 2 heterocycles. The molecule has 2 saturated heterocycles. The number of allylic oxidation sites excluding steroid dienone is 2. The summed E-state index contributed by atoms with van der Waals surface area (Å²) in [6.07, 6.45) is 4.80. The summed E-state index contributed by atoms with van der Waals surface area (Å²) in [4.78, 5) is 65.1. The molecule has 0 N–H and O–H groups in total. The highest BCUT2D eigenvalue weighted by Crippen LogP contribution is 2.53. The predicted octanol–water partition coefficient (Wildman–Crippen LogP) is 3.17. The normalized spacial score (nSPS) is 27.8. The van der Waals surface area contributed by atoms with E-state index < -0.39 is 16.8 Å². The van der Waals surface area contributed by atoms with E-state index in [9.17, 15) is 29.3 Å². The molecule has 3 amide bonds. The summed E-state index contributed by atoms with van der Waals surface area (Å²) < 4.78 is 5.54. The zero-order valence-corrected chi connectivity index (χ0v) is 19.9. The number of esters is 1. The lowest BCUT2D eigenvalue weighted by Crippen LogP contribution is -2.32. The maximum absolute atomic E-state index is 13.1. The number of nitro benzene ring substituents is 1. The number of fused-ring (bicyclic) bond motifs is 5. The van der Waals surface area contributed by atoms with Crippen molar-refractivity contribution >= 4 is 40.8 Å². The third-order valence-corrected chi connectivity index (χ3v) is 7.92. The Labute approximate surface area is 211 Å². The molecule has 2 aromatic carbocycles. The third kappa shape index (κ3) is 3.62. The van der Waals surface area contributed by atoms with E-state index in [0.717, 1.165) is 6.42 Å². The van der Waals surface area contributed by atoms with Crippen LogP contribution in [0.3, 0.4) is 0 Å². The monoisotopic (exact) mass is 501 g/mol. The van der Waals surface area contributed by atoms with Gasteiger partial charge in [-0.1, -0.05) is 24.3 Å². The van der Waals surface area contributed by atoms with Crippen LogP contribution in [0.1, 0.15) is 18.4 Å². The SMILES string of the molecule is Cc1ccc(N2C[C@H](C(=O)Oc3cccc(N4C(=O)[C@@H]5[C@@H](C4=O)[C@H]4C=C[C@H]5C4)c3)CC2=O)cc1[N+](=O)[O-]. The van der Waals surface area contributed by atoms with Crippen LogP contribution in [0.15, 0.2) is 54.6 Å². The van der Waals surface area contributed by atoms with Crippen molar-refractivity contribution in [1.29, 1.82) is 0 Å². The molecule has 4 aliphatic rings. The number of hydrogen-bond donors (Lipinski definition) is 0. The van der Waals surface area contributed by atoms with Crippen molar-refractivity contribution in [3.05, 3.63) is 70.3 Å². The highest BCUT2D eigenvalue weighted by Gasteiger charge is 2.59. The first-order valence-corrected chi connectivity index (χ1v) is 12.2. The van der Waals surface area contributed by atoms with E-state index in [-0.39, 0.29) is 65.8 Å². The first-order valence-electron chi connectivity index (χ1n) is 12.2. The minimum Gasteiger partial charge on any atom is -0.426 e. The van der Waals surface area contributed by atoms with Crippen molar-refractivity contribution in [1.82, 2.24) is 0 Å². The maximum atomic E-state index is 13.1. The smallest absolute Gasteiger partial charge is 0.316 e. The van der Waals surface area contributed by atoms with Gasteiger partial charge in [-0.15, -0.1) is 0 Å². The van der Waals surface area contributed by atoms with E-state index in [4.69, 9.17) is 4.74 Å². The van der Waals surface area contributed by atoms with Crippen LogP contribution in [0.5, 0.6) is 5.75 Å². The van der Waals surface area contributed by atoms with Gasteiger partial charge in [-0.3, -0.25) is 29.3 Å². The van der Waals surface area contributed by atoms with Gasteiger partial charge in [-0.05, 0) is 43.4 Å². The molecule has 10 heteroatoms. The number of aryl methyl sites for hydroxylation is 1. The minimum absolute atomic E-state index is 0.0276. The van der Waals surface area contributed by atoms with Gasteiger partial charge in [0.1, 0.15) is 5.75 Å². The van der Waals surface area contributed by atoms with Gasteiger partial charge in [-0.25, -0.2) is 4.90 Å². The number of nitro groups is 1. The fourth-order valence-electron chi connectivity index (χ4n) is 6.12. The molecule has 5 atom stereocenters. The molecule has 0 unspecified atom stereocenters. The van der Waals surface area contributed by atoms with E-state index >= 15 is 0 Å². The van der Waals surface area contributed by atoms with Crippen molar-refractivity contribution in [2.24, 2.45) is 29.6 Å². The second kappa shape index (κ2) is 8.36. The Morgan fingerprint density at radius 2 is 1.70 bits per heavy atom. The number of imide groups is 1. The molecule has 188 valence electrons. The Hall–Kier alpha value is -4.34. The summed E-state index contributed by atoms with van der Waals surface area (Å²) in [5, 5.41) is 11.3. The molecule has 0 aromatic heterocycles. The number of amides is 3. The summed E-state index contributed by atoms with van der Waals surface area (Å²) in [5.41, 5.74) is 1.07. The highest BCUT2D eigenvalue weighted by molar-refractivity contribution is 6.22. The van der Waals surface area contributed by atoms with Gasteiger partial charge in [0.2, 0.25) is 17.7 Å². The summed E-state index contributed by atoms with van der Waals surface area (Å²) in [6.45, 7) is 1.64. The number of hydrogen-bond acceptors (Lipinski definition) is 7. The summed E-state index contributed by atoms with van der Waals surface area (Å²) >= 11 is 0. The Bertz CT molecular complexity index is 1390. The lowest BCUT2D eigenvalue weighted by Gasteiger charge is -2.18. The van der Waals surface area contributed by atoms with Gasteiger partial charge in [0.15, 0.2) is 0 Å². The quantitative estimate of drug-likeness (QED) is 0.154. The molecule has 0 spiro atoms. The van der Waals surface area contributed by atoms with Crippen LogP contribution < -0.4 is 14.5 Å². The van der Waals surface area contributed by atoms with Crippen molar-refractivity contribution < 1.29 is 28.8 Å². The summed E-state index contributed by atoms with van der Waals surface area (Å²) in [6, 6.07) is 10.8. The van der Waals surface area contributed by atoms with Crippen molar-refractivity contribution in [2.75, 3.05) is 16.3 Å². The summed E-state index contributed by atoms with van der Waals surface area (Å²) in [7, 11) is 0. The number of rotatable bonds is 5. The Kier molecular flexibility index (Phi) is 5.22. The highest BCUT2D eigenvalue weighted by atomic mass is 16.6. The first kappa shape index (κ1) is 23.1. The predicted molar refractivity (Wildman–Crippen MR) is 131 cm³/mol. The average molecular weight is 501 g/mol. The van der Waals surface area contributed by atoms with Crippen LogP contribution in [0, 0.1) is 46.6 Å². The van der Waals surface area contributed by atoms with E-state index in [0.29, 0.717) is 16.9 Å². The van der Waals surface area contributed by atoms with Crippen LogP contribution in [0.4, 0.5) is 17.1 Å². The lowest BCUT2D eigenvalue weighted by molar-refractivity contribution is -0.385. The van der Waals surface area contributed by atoms with Crippen LogP contribution in [-0.4, -0.2) is 35.2 Å². The van der Waals surface area contributed by atoms with Crippen molar-refractivity contribution in [3.63, 3.8) is 0 Å². The van der Waals surface area contributed by atoms with E-state index in [2.05, 4.69) is 0 Å². The topological polar surface area (TPSA) is 127 Å². The molecular weight excluding hydrogens is 478 g/mol. The molecule has 1 saturated carbocycles. The Morgan fingerprint density at radius 1 is 1.00 bits per heavy atom. The molecular formula is C27H23N3O7. The Balaban J connectivity index is 1.16. The van der Waals surface area contributed by atoms with E-state index in [1.54, 1.807) is 37.3 Å². The van der Waals surface area contributed by atoms with Crippen molar-refractivity contribution in [2.45, 2.75) is 19.8 Å². The molecule has 2 aliphatic heterocycles. The molecule has 2 aromatic rings. The number of nitrogens with zero attached hydrogens (tertiary/aromatic N) is 3. The number of ether oxygens (including phenoxy) is 1. The van der Waals surface area contributed by atoms with Crippen LogP contribution in [0.2, 0.25) is 0 Å². The molecule has 10 nitrogen and oxygen atoms in total. The third-order valence-electron chi connectivity index (χ3n) is 7.92. The van der Waals surface area contributed by atoms with E-state index in [1.165, 1.54) is 21.9 Å². The second-order valence-electron chi connectivity index (χ2n) is 10.1. The largest absolute Gasteiger partial charge is 0.426 e. The van der Waals surface area contributed by atoms with Crippen LogP contribution in [0.25, 0.3) is 0 Å². The van der Waals surface area contributed by atoms with Crippen LogP contribution in [-0.2, 0) is 19.2 Å². The number of anilines is 2. The van der Waals surface area contributed by atoms with Gasteiger partial charge in [0.25, 0.3) is 5.69 Å².